The van der Waals surface area contributed by atoms with Crippen LogP contribution in [-0.4, -0.2) is 61.4 Å². The van der Waals surface area contributed by atoms with E-state index in [1.165, 1.54) is 39.7 Å². The predicted octanol–water partition coefficient (Wildman–Crippen LogP) is 0.374. The van der Waals surface area contributed by atoms with Crippen LogP contribution < -0.4 is 5.32 Å². The van der Waals surface area contributed by atoms with Crippen molar-refractivity contribution in [2.75, 3.05) is 33.8 Å². The maximum atomic E-state index is 11.2. The molecule has 1 rings (SSSR count). The van der Waals surface area contributed by atoms with E-state index in [9.17, 15) is 9.90 Å². The number of likely N-dealkylation sites (N-methyl/N-ethyl adjacent to an activating group) is 1. The van der Waals surface area contributed by atoms with Crippen molar-refractivity contribution in [3.8, 4) is 0 Å². The van der Waals surface area contributed by atoms with E-state index in [-0.39, 0.29) is 6.54 Å². The molecule has 1 fully saturated rings. The first-order valence-electron chi connectivity index (χ1n) is 6.69. The third-order valence-electron chi connectivity index (χ3n) is 3.68. The lowest BCUT2D eigenvalue weighted by molar-refractivity contribution is -0.159. The van der Waals surface area contributed by atoms with Gasteiger partial charge in [0.05, 0.1) is 7.11 Å². The molecule has 1 aliphatic rings. The molecule has 0 bridgehead atoms. The van der Waals surface area contributed by atoms with Crippen molar-refractivity contribution in [3.05, 3.63) is 0 Å². The van der Waals surface area contributed by atoms with Crippen LogP contribution in [0.1, 0.15) is 32.6 Å². The minimum Gasteiger partial charge on any atom is -0.467 e. The summed E-state index contributed by atoms with van der Waals surface area (Å²) < 4.78 is 4.54. The number of nitrogens with one attached hydrogen (secondary N) is 1. The van der Waals surface area contributed by atoms with Gasteiger partial charge in [0.2, 0.25) is 0 Å². The maximum absolute atomic E-state index is 11.2. The monoisotopic (exact) mass is 258 g/mol. The number of rotatable bonds is 7. The summed E-state index contributed by atoms with van der Waals surface area (Å²) in [6.07, 6.45) is 5.24. The number of hydrogen-bond donors (Lipinski definition) is 2. The number of aliphatic hydroxyl groups is 1. The van der Waals surface area contributed by atoms with E-state index < -0.39 is 11.6 Å². The zero-order valence-corrected chi connectivity index (χ0v) is 11.7. The van der Waals surface area contributed by atoms with E-state index in [4.69, 9.17) is 0 Å². The van der Waals surface area contributed by atoms with E-state index >= 15 is 0 Å². The summed E-state index contributed by atoms with van der Waals surface area (Å²) in [4.78, 5) is 13.6. The van der Waals surface area contributed by atoms with Gasteiger partial charge in [0.1, 0.15) is 0 Å². The number of esters is 1. The highest BCUT2D eigenvalue weighted by Gasteiger charge is 2.30. The Morgan fingerprint density at radius 3 is 2.67 bits per heavy atom. The maximum Gasteiger partial charge on any atom is 0.338 e. The molecule has 0 amide bonds. The van der Waals surface area contributed by atoms with Gasteiger partial charge in [-0.1, -0.05) is 12.8 Å². The molecule has 5 nitrogen and oxygen atoms in total. The molecule has 0 aliphatic heterocycles. The summed E-state index contributed by atoms with van der Waals surface area (Å²) in [5.41, 5.74) is -1.44. The van der Waals surface area contributed by atoms with Gasteiger partial charge in [0, 0.05) is 25.7 Å². The summed E-state index contributed by atoms with van der Waals surface area (Å²) in [6, 6.07) is 0.702. The highest BCUT2D eigenvalue weighted by Crippen LogP contribution is 2.21. The fraction of sp³-hybridized carbons (Fsp3) is 0.923. The minimum atomic E-state index is -1.44. The molecule has 0 saturated heterocycles. The molecule has 0 aromatic carbocycles. The van der Waals surface area contributed by atoms with Gasteiger partial charge in [0.15, 0.2) is 5.60 Å². The van der Waals surface area contributed by atoms with Crippen molar-refractivity contribution >= 4 is 5.97 Å². The molecule has 0 aromatic rings. The molecule has 1 unspecified atom stereocenters. The molecular weight excluding hydrogens is 232 g/mol. The lowest BCUT2D eigenvalue weighted by Crippen LogP contribution is -2.47. The number of methoxy groups -OCH3 is 1. The van der Waals surface area contributed by atoms with Crippen LogP contribution in [0.2, 0.25) is 0 Å². The normalized spacial score (nSPS) is 20.1. The molecule has 1 aliphatic carbocycles. The quantitative estimate of drug-likeness (QED) is 0.510. The second-order valence-electron chi connectivity index (χ2n) is 5.36. The van der Waals surface area contributed by atoms with Crippen molar-refractivity contribution in [2.45, 2.75) is 44.2 Å². The van der Waals surface area contributed by atoms with Crippen LogP contribution in [0.5, 0.6) is 0 Å². The fourth-order valence-electron chi connectivity index (χ4n) is 2.41. The number of nitrogens with zero attached hydrogens (tertiary/aromatic N) is 1. The van der Waals surface area contributed by atoms with E-state index in [0.717, 1.165) is 13.1 Å². The van der Waals surface area contributed by atoms with Gasteiger partial charge in [-0.25, -0.2) is 4.79 Å². The average Bonchev–Trinajstić information content (AvgIpc) is 2.87. The first-order valence-corrected chi connectivity index (χ1v) is 6.69. The Labute approximate surface area is 109 Å². The van der Waals surface area contributed by atoms with E-state index in [1.807, 2.05) is 0 Å². The lowest BCUT2D eigenvalue weighted by Gasteiger charge is -2.25. The van der Waals surface area contributed by atoms with Crippen molar-refractivity contribution in [3.63, 3.8) is 0 Å². The van der Waals surface area contributed by atoms with Gasteiger partial charge in [0.25, 0.3) is 0 Å². The van der Waals surface area contributed by atoms with Crippen LogP contribution in [0.15, 0.2) is 0 Å². The summed E-state index contributed by atoms with van der Waals surface area (Å²) in [7, 11) is 3.42. The standard InChI is InChI=1S/C13H26N2O3/c1-13(17,12(16)18-3)10-14-8-9-15(2)11-6-4-5-7-11/h11,14,17H,4-10H2,1-3H3. The summed E-state index contributed by atoms with van der Waals surface area (Å²) in [5.74, 6) is -0.598. The Hall–Kier alpha value is -0.650. The topological polar surface area (TPSA) is 61.8 Å². The molecule has 2 N–H and O–H groups in total. The second kappa shape index (κ2) is 7.07. The number of carbonyl (C=O) groups excluding carboxylic acids is 1. The van der Waals surface area contributed by atoms with Crippen LogP contribution >= 0.6 is 0 Å². The number of carbonyl (C=O) groups is 1. The largest absolute Gasteiger partial charge is 0.467 e. The molecule has 18 heavy (non-hydrogen) atoms. The van der Waals surface area contributed by atoms with Gasteiger partial charge in [-0.2, -0.15) is 0 Å². The molecule has 0 spiro atoms. The van der Waals surface area contributed by atoms with Gasteiger partial charge in [-0.05, 0) is 26.8 Å². The fourth-order valence-corrected chi connectivity index (χ4v) is 2.41. The zero-order valence-electron chi connectivity index (χ0n) is 11.7. The van der Waals surface area contributed by atoms with Crippen LogP contribution in [0.3, 0.4) is 0 Å². The van der Waals surface area contributed by atoms with E-state index in [1.54, 1.807) is 0 Å². The third-order valence-corrected chi connectivity index (χ3v) is 3.68. The Morgan fingerprint density at radius 1 is 1.50 bits per heavy atom. The Kier molecular flexibility index (Phi) is 6.05. The van der Waals surface area contributed by atoms with E-state index in [0.29, 0.717) is 6.04 Å². The molecule has 0 radical (unpaired) electrons. The average molecular weight is 258 g/mol. The lowest BCUT2D eigenvalue weighted by atomic mass is 10.1. The highest BCUT2D eigenvalue weighted by molar-refractivity contribution is 5.78. The van der Waals surface area contributed by atoms with Crippen molar-refractivity contribution in [1.82, 2.24) is 10.2 Å². The van der Waals surface area contributed by atoms with Gasteiger partial charge >= 0.3 is 5.97 Å². The van der Waals surface area contributed by atoms with Gasteiger partial charge in [-0.3, -0.25) is 0 Å². The SMILES string of the molecule is COC(=O)C(C)(O)CNCCN(C)C1CCCC1. The van der Waals surface area contributed by atoms with Crippen LogP contribution in [0.4, 0.5) is 0 Å². The zero-order chi connectivity index (χ0) is 13.6. The smallest absolute Gasteiger partial charge is 0.338 e. The molecule has 106 valence electrons. The second-order valence-corrected chi connectivity index (χ2v) is 5.36. The Bertz CT molecular complexity index is 263. The van der Waals surface area contributed by atoms with Crippen LogP contribution in [-0.2, 0) is 9.53 Å². The van der Waals surface area contributed by atoms with Crippen molar-refractivity contribution < 1.29 is 14.6 Å². The molecule has 1 atom stereocenters. The first-order chi connectivity index (χ1) is 8.47. The molecule has 0 aromatic heterocycles. The van der Waals surface area contributed by atoms with Gasteiger partial charge in [-0.15, -0.1) is 0 Å². The van der Waals surface area contributed by atoms with Crippen molar-refractivity contribution in [2.24, 2.45) is 0 Å². The summed E-state index contributed by atoms with van der Waals surface area (Å²) >= 11 is 0. The van der Waals surface area contributed by atoms with Crippen molar-refractivity contribution in [1.29, 1.82) is 0 Å². The minimum absolute atomic E-state index is 0.220. The summed E-state index contributed by atoms with van der Waals surface area (Å²) in [5, 5.41) is 12.9. The molecule has 0 heterocycles. The predicted molar refractivity (Wildman–Crippen MR) is 70.4 cm³/mol. The van der Waals surface area contributed by atoms with Gasteiger partial charge < -0.3 is 20.1 Å². The molecule has 1 saturated carbocycles. The highest BCUT2D eigenvalue weighted by atomic mass is 16.5. The first kappa shape index (κ1) is 15.4. The summed E-state index contributed by atoms with van der Waals surface area (Å²) in [6.45, 7) is 3.38. The molecular formula is C13H26N2O3. The van der Waals surface area contributed by atoms with Crippen LogP contribution in [0.25, 0.3) is 0 Å². The Morgan fingerprint density at radius 2 is 2.11 bits per heavy atom. The van der Waals surface area contributed by atoms with Crippen LogP contribution in [0, 0.1) is 0 Å². The number of hydrogen-bond acceptors (Lipinski definition) is 5. The molecule has 5 heteroatoms. The van der Waals surface area contributed by atoms with E-state index in [2.05, 4.69) is 22.0 Å². The third kappa shape index (κ3) is 4.55. The Balaban J connectivity index is 2.16. The number of ether oxygens (including phenoxy) is 1.